The van der Waals surface area contributed by atoms with E-state index in [0.29, 0.717) is 24.2 Å². The van der Waals surface area contributed by atoms with E-state index in [1.807, 2.05) is 18.2 Å². The molecule has 1 fully saturated rings. The van der Waals surface area contributed by atoms with E-state index in [2.05, 4.69) is 5.32 Å². The van der Waals surface area contributed by atoms with Gasteiger partial charge < -0.3 is 14.6 Å². The summed E-state index contributed by atoms with van der Waals surface area (Å²) in [6.45, 7) is 4.54. The molecule has 0 unspecified atom stereocenters. The van der Waals surface area contributed by atoms with E-state index in [4.69, 9.17) is 4.42 Å². The summed E-state index contributed by atoms with van der Waals surface area (Å²) in [5.74, 6) is -0.233. The lowest BCUT2D eigenvalue weighted by Crippen LogP contribution is -2.47. The normalized spacial score (nSPS) is 15.6. The predicted molar refractivity (Wildman–Crippen MR) is 76.0 cm³/mol. The number of rotatable bonds is 1. The molecule has 2 heterocycles. The van der Waals surface area contributed by atoms with Crippen LogP contribution in [-0.4, -0.2) is 37.0 Å². The van der Waals surface area contributed by atoms with Crippen LogP contribution < -0.4 is 10.9 Å². The Balaban J connectivity index is 2.11. The molecule has 104 valence electrons. The van der Waals surface area contributed by atoms with Crippen LogP contribution in [0.15, 0.2) is 33.5 Å². The first-order valence-corrected chi connectivity index (χ1v) is 6.71. The van der Waals surface area contributed by atoms with Gasteiger partial charge in [0, 0.05) is 31.6 Å². The average Bonchev–Trinajstić information content (AvgIpc) is 2.48. The molecule has 3 rings (SSSR count). The summed E-state index contributed by atoms with van der Waals surface area (Å²) in [6, 6.07) is 7.28. The highest BCUT2D eigenvalue weighted by Crippen LogP contribution is 2.19. The number of benzene rings is 1. The number of carbonyl (C=O) groups is 1. The SMILES string of the molecule is Cc1c(C(=O)N2CCNCC2)c(=O)oc2ccccc12. The first-order valence-electron chi connectivity index (χ1n) is 6.71. The molecule has 0 saturated carbocycles. The maximum absolute atomic E-state index is 12.5. The number of piperazine rings is 1. The Morgan fingerprint density at radius 1 is 1.25 bits per heavy atom. The van der Waals surface area contributed by atoms with Gasteiger partial charge in [-0.05, 0) is 18.6 Å². The fourth-order valence-corrected chi connectivity index (χ4v) is 2.58. The number of amides is 1. The zero-order valence-electron chi connectivity index (χ0n) is 11.3. The minimum atomic E-state index is -0.551. The number of nitrogens with zero attached hydrogens (tertiary/aromatic N) is 1. The molecule has 1 aromatic heterocycles. The van der Waals surface area contributed by atoms with Gasteiger partial charge in [-0.15, -0.1) is 0 Å². The highest BCUT2D eigenvalue weighted by Gasteiger charge is 2.24. The van der Waals surface area contributed by atoms with Crippen molar-refractivity contribution in [2.24, 2.45) is 0 Å². The van der Waals surface area contributed by atoms with Crippen molar-refractivity contribution < 1.29 is 9.21 Å². The van der Waals surface area contributed by atoms with Gasteiger partial charge in [0.25, 0.3) is 5.91 Å². The van der Waals surface area contributed by atoms with Gasteiger partial charge in [0.2, 0.25) is 0 Å². The van der Waals surface area contributed by atoms with E-state index in [1.165, 1.54) is 0 Å². The lowest BCUT2D eigenvalue weighted by atomic mass is 10.0. The Morgan fingerprint density at radius 2 is 1.95 bits per heavy atom. The van der Waals surface area contributed by atoms with Crippen LogP contribution in [0.3, 0.4) is 0 Å². The van der Waals surface area contributed by atoms with Crippen molar-refractivity contribution in [3.05, 3.63) is 45.8 Å². The molecule has 0 spiro atoms. The summed E-state index contributed by atoms with van der Waals surface area (Å²) in [7, 11) is 0. The third-order valence-electron chi connectivity index (χ3n) is 3.69. The lowest BCUT2D eigenvalue weighted by molar-refractivity contribution is 0.0731. The molecule has 1 aliphatic rings. The van der Waals surface area contributed by atoms with E-state index in [-0.39, 0.29) is 11.5 Å². The van der Waals surface area contributed by atoms with Crippen LogP contribution in [0.5, 0.6) is 0 Å². The van der Waals surface area contributed by atoms with E-state index >= 15 is 0 Å². The third-order valence-corrected chi connectivity index (χ3v) is 3.69. The Morgan fingerprint density at radius 3 is 2.70 bits per heavy atom. The van der Waals surface area contributed by atoms with Crippen molar-refractivity contribution in [2.75, 3.05) is 26.2 Å². The summed E-state index contributed by atoms with van der Waals surface area (Å²) >= 11 is 0. The van der Waals surface area contributed by atoms with Gasteiger partial charge in [0.05, 0.1) is 0 Å². The molecule has 0 radical (unpaired) electrons. The monoisotopic (exact) mass is 272 g/mol. The largest absolute Gasteiger partial charge is 0.422 e. The molecule has 20 heavy (non-hydrogen) atoms. The highest BCUT2D eigenvalue weighted by atomic mass is 16.4. The fourth-order valence-electron chi connectivity index (χ4n) is 2.58. The number of hydrogen-bond acceptors (Lipinski definition) is 4. The van der Waals surface area contributed by atoms with Gasteiger partial charge in [-0.3, -0.25) is 4.79 Å². The maximum Gasteiger partial charge on any atom is 0.349 e. The van der Waals surface area contributed by atoms with Gasteiger partial charge in [-0.1, -0.05) is 18.2 Å². The van der Waals surface area contributed by atoms with Gasteiger partial charge in [-0.2, -0.15) is 0 Å². The minimum absolute atomic E-state index is 0.158. The summed E-state index contributed by atoms with van der Waals surface area (Å²) < 4.78 is 5.27. The summed E-state index contributed by atoms with van der Waals surface area (Å²) in [5.41, 5.74) is 0.822. The molecule has 1 aliphatic heterocycles. The zero-order chi connectivity index (χ0) is 14.1. The predicted octanol–water partition coefficient (Wildman–Crippen LogP) is 1.15. The van der Waals surface area contributed by atoms with Crippen molar-refractivity contribution in [3.8, 4) is 0 Å². The first kappa shape index (κ1) is 12.9. The van der Waals surface area contributed by atoms with Gasteiger partial charge in [-0.25, -0.2) is 4.79 Å². The van der Waals surface area contributed by atoms with Crippen LogP contribution in [0.25, 0.3) is 11.0 Å². The molecule has 0 atom stereocenters. The lowest BCUT2D eigenvalue weighted by Gasteiger charge is -2.27. The molecule has 1 aromatic carbocycles. The molecule has 0 bridgehead atoms. The summed E-state index contributed by atoms with van der Waals surface area (Å²) in [6.07, 6.45) is 0. The molecule has 0 aliphatic carbocycles. The van der Waals surface area contributed by atoms with Crippen LogP contribution in [0.2, 0.25) is 0 Å². The van der Waals surface area contributed by atoms with Crippen molar-refractivity contribution in [1.29, 1.82) is 0 Å². The Hall–Kier alpha value is -2.14. The van der Waals surface area contributed by atoms with Gasteiger partial charge >= 0.3 is 5.63 Å². The quantitative estimate of drug-likeness (QED) is 0.791. The fraction of sp³-hybridized carbons (Fsp3) is 0.333. The third kappa shape index (κ3) is 2.10. The molecular formula is C15H16N2O3. The van der Waals surface area contributed by atoms with E-state index in [9.17, 15) is 9.59 Å². The van der Waals surface area contributed by atoms with Gasteiger partial charge in [0.15, 0.2) is 0 Å². The van der Waals surface area contributed by atoms with Crippen molar-refractivity contribution in [3.63, 3.8) is 0 Å². The van der Waals surface area contributed by atoms with Crippen LogP contribution in [0.1, 0.15) is 15.9 Å². The number of nitrogens with one attached hydrogen (secondary N) is 1. The Labute approximate surface area is 116 Å². The van der Waals surface area contributed by atoms with Crippen molar-refractivity contribution in [1.82, 2.24) is 10.2 Å². The maximum atomic E-state index is 12.5. The topological polar surface area (TPSA) is 62.6 Å². The molecule has 5 nitrogen and oxygen atoms in total. The second kappa shape index (κ2) is 5.09. The molecule has 1 N–H and O–H groups in total. The summed E-state index contributed by atoms with van der Waals surface area (Å²) in [5, 5.41) is 4.00. The number of carbonyl (C=O) groups excluding carboxylic acids is 1. The molecule has 5 heteroatoms. The van der Waals surface area contributed by atoms with E-state index < -0.39 is 5.63 Å². The smallest absolute Gasteiger partial charge is 0.349 e. The van der Waals surface area contributed by atoms with E-state index in [1.54, 1.807) is 17.9 Å². The Kier molecular flexibility index (Phi) is 3.28. The number of fused-ring (bicyclic) bond motifs is 1. The van der Waals surface area contributed by atoms with Crippen molar-refractivity contribution in [2.45, 2.75) is 6.92 Å². The van der Waals surface area contributed by atoms with Crippen LogP contribution in [-0.2, 0) is 0 Å². The average molecular weight is 272 g/mol. The second-order valence-corrected chi connectivity index (χ2v) is 4.93. The number of aryl methyl sites for hydroxylation is 1. The Bertz CT molecular complexity index is 715. The molecular weight excluding hydrogens is 256 g/mol. The molecule has 2 aromatic rings. The number of para-hydroxylation sites is 1. The minimum Gasteiger partial charge on any atom is -0.422 e. The second-order valence-electron chi connectivity index (χ2n) is 4.93. The summed E-state index contributed by atoms with van der Waals surface area (Å²) in [4.78, 5) is 26.3. The van der Waals surface area contributed by atoms with Crippen LogP contribution in [0.4, 0.5) is 0 Å². The molecule has 1 saturated heterocycles. The standard InChI is InChI=1S/C15H16N2O3/c1-10-11-4-2-3-5-12(11)20-15(19)13(10)14(18)17-8-6-16-7-9-17/h2-5,16H,6-9H2,1H3. The van der Waals surface area contributed by atoms with Crippen LogP contribution >= 0.6 is 0 Å². The molecule has 1 amide bonds. The van der Waals surface area contributed by atoms with E-state index in [0.717, 1.165) is 18.5 Å². The van der Waals surface area contributed by atoms with Gasteiger partial charge in [0.1, 0.15) is 11.1 Å². The number of hydrogen-bond donors (Lipinski definition) is 1. The van der Waals surface area contributed by atoms with Crippen molar-refractivity contribution >= 4 is 16.9 Å². The first-order chi connectivity index (χ1) is 9.68. The highest BCUT2D eigenvalue weighted by molar-refractivity contribution is 5.99. The van der Waals surface area contributed by atoms with Crippen LogP contribution in [0, 0.1) is 6.92 Å². The zero-order valence-corrected chi connectivity index (χ0v) is 11.3.